The minimum atomic E-state index is -2.77. The van der Waals surface area contributed by atoms with Gasteiger partial charge in [-0.1, -0.05) is 12.1 Å². The second kappa shape index (κ2) is 4.87. The summed E-state index contributed by atoms with van der Waals surface area (Å²) in [6, 6.07) is 6.70. The van der Waals surface area contributed by atoms with Crippen LogP contribution >= 0.6 is 0 Å². The molecule has 0 saturated heterocycles. The van der Waals surface area contributed by atoms with E-state index in [-0.39, 0.29) is 11.3 Å². The number of aromatic nitrogens is 2. The Hall–Kier alpha value is -2.37. The van der Waals surface area contributed by atoms with Crippen LogP contribution < -0.4 is 5.73 Å². The van der Waals surface area contributed by atoms with E-state index in [1.54, 1.807) is 24.3 Å². The summed E-state index contributed by atoms with van der Waals surface area (Å²) >= 11 is 0. The number of fused-ring (bicyclic) bond motifs is 1. The highest BCUT2D eigenvalue weighted by atomic mass is 19.3. The first-order chi connectivity index (χ1) is 8.67. The summed E-state index contributed by atoms with van der Waals surface area (Å²) in [5.41, 5.74) is 5.77. The number of allylic oxidation sites excluding steroid dienone is 1. The van der Waals surface area contributed by atoms with Gasteiger partial charge in [0.05, 0.1) is 11.0 Å². The van der Waals surface area contributed by atoms with E-state index >= 15 is 0 Å². The van der Waals surface area contributed by atoms with Gasteiger partial charge >= 0.3 is 0 Å². The van der Waals surface area contributed by atoms with Crippen molar-refractivity contribution < 1.29 is 8.78 Å². The predicted molar refractivity (Wildman–Crippen MR) is 65.4 cm³/mol. The maximum Gasteiger partial charge on any atom is 0.282 e. The molecule has 0 aliphatic rings. The molecular formula is C12H10F2N4. The van der Waals surface area contributed by atoms with E-state index < -0.39 is 12.1 Å². The van der Waals surface area contributed by atoms with Crippen molar-refractivity contribution in [3.63, 3.8) is 0 Å². The fourth-order valence-corrected chi connectivity index (χ4v) is 1.57. The number of para-hydroxylation sites is 2. The Kier molecular flexibility index (Phi) is 3.27. The molecule has 18 heavy (non-hydrogen) atoms. The molecule has 0 bridgehead atoms. The van der Waals surface area contributed by atoms with Crippen molar-refractivity contribution in [1.29, 1.82) is 5.41 Å². The fourth-order valence-electron chi connectivity index (χ4n) is 1.57. The molecule has 0 unspecified atom stereocenters. The predicted octanol–water partition coefficient (Wildman–Crippen LogP) is 2.52. The summed E-state index contributed by atoms with van der Waals surface area (Å²) in [5.74, 6) is 0. The van der Waals surface area contributed by atoms with E-state index in [0.717, 1.165) is 12.4 Å². The Labute approximate surface area is 102 Å². The van der Waals surface area contributed by atoms with Crippen molar-refractivity contribution in [2.45, 2.75) is 6.43 Å². The second-order valence-electron chi connectivity index (χ2n) is 3.51. The molecular weight excluding hydrogens is 238 g/mol. The third-order valence-electron chi connectivity index (χ3n) is 2.41. The Morgan fingerprint density at radius 1 is 1.22 bits per heavy atom. The van der Waals surface area contributed by atoms with Crippen LogP contribution in [0.1, 0.15) is 17.8 Å². The molecule has 2 aromatic rings. The maximum absolute atomic E-state index is 12.9. The number of rotatable bonds is 3. The smallest absolute Gasteiger partial charge is 0.282 e. The lowest BCUT2D eigenvalue weighted by molar-refractivity contribution is 0.145. The van der Waals surface area contributed by atoms with E-state index in [1.807, 2.05) is 0 Å². The van der Waals surface area contributed by atoms with E-state index in [1.165, 1.54) is 0 Å². The first-order valence-corrected chi connectivity index (χ1v) is 5.15. The zero-order valence-electron chi connectivity index (χ0n) is 9.27. The molecule has 0 spiro atoms. The van der Waals surface area contributed by atoms with Gasteiger partial charge in [-0.25, -0.2) is 18.7 Å². The highest BCUT2D eigenvalue weighted by Gasteiger charge is 2.19. The number of nitrogens with one attached hydrogen (secondary N) is 1. The molecule has 3 N–H and O–H groups in total. The summed E-state index contributed by atoms with van der Waals surface area (Å²) < 4.78 is 25.9. The molecule has 0 amide bonds. The van der Waals surface area contributed by atoms with Gasteiger partial charge in [0.25, 0.3) is 6.43 Å². The number of nitrogens with zero attached hydrogens (tertiary/aromatic N) is 2. The van der Waals surface area contributed by atoms with E-state index in [2.05, 4.69) is 9.97 Å². The zero-order valence-corrected chi connectivity index (χ0v) is 9.27. The highest BCUT2D eigenvalue weighted by molar-refractivity contribution is 6.08. The van der Waals surface area contributed by atoms with Crippen molar-refractivity contribution in [3.05, 3.63) is 41.9 Å². The van der Waals surface area contributed by atoms with Gasteiger partial charge in [0.15, 0.2) is 0 Å². The molecule has 1 aromatic carbocycles. The van der Waals surface area contributed by atoms with Gasteiger partial charge in [-0.15, -0.1) is 0 Å². The summed E-state index contributed by atoms with van der Waals surface area (Å²) in [4.78, 5) is 7.98. The molecule has 0 saturated carbocycles. The Bertz CT molecular complexity index is 623. The maximum atomic E-state index is 12.9. The molecule has 1 aromatic heterocycles. The van der Waals surface area contributed by atoms with Crippen LogP contribution in [0, 0.1) is 5.41 Å². The van der Waals surface area contributed by atoms with Crippen molar-refractivity contribution in [2.24, 2.45) is 5.73 Å². The average Bonchev–Trinajstić information content (AvgIpc) is 2.39. The monoisotopic (exact) mass is 248 g/mol. The molecule has 92 valence electrons. The molecule has 0 aliphatic carbocycles. The molecule has 0 radical (unpaired) electrons. The van der Waals surface area contributed by atoms with Gasteiger partial charge in [0.2, 0.25) is 0 Å². The van der Waals surface area contributed by atoms with Crippen molar-refractivity contribution in [3.8, 4) is 0 Å². The number of hydrogen-bond donors (Lipinski definition) is 2. The molecule has 0 atom stereocenters. The van der Waals surface area contributed by atoms with Gasteiger partial charge in [-0.05, 0) is 12.1 Å². The number of nitrogens with two attached hydrogens (primary N) is 1. The van der Waals surface area contributed by atoms with E-state index in [4.69, 9.17) is 11.1 Å². The SMILES string of the molecule is N=C/C(=C\N)c1nc2ccccc2nc1C(F)F. The lowest BCUT2D eigenvalue weighted by Gasteiger charge is -2.08. The summed E-state index contributed by atoms with van der Waals surface area (Å²) in [7, 11) is 0. The summed E-state index contributed by atoms with van der Waals surface area (Å²) in [6.07, 6.45) is -0.825. The van der Waals surface area contributed by atoms with Crippen LogP contribution in [0.2, 0.25) is 0 Å². The lowest BCUT2D eigenvalue weighted by atomic mass is 10.1. The van der Waals surface area contributed by atoms with Gasteiger partial charge in [-0.2, -0.15) is 0 Å². The largest absolute Gasteiger partial charge is 0.404 e. The third-order valence-corrected chi connectivity index (χ3v) is 2.41. The van der Waals surface area contributed by atoms with E-state index in [9.17, 15) is 8.78 Å². The van der Waals surface area contributed by atoms with Crippen molar-refractivity contribution in [2.75, 3.05) is 0 Å². The van der Waals surface area contributed by atoms with Crippen LogP contribution in [0.5, 0.6) is 0 Å². The zero-order chi connectivity index (χ0) is 13.1. The normalized spacial score (nSPS) is 12.1. The first kappa shape index (κ1) is 12.1. The molecule has 0 fully saturated rings. The van der Waals surface area contributed by atoms with Crippen LogP contribution in [0.25, 0.3) is 16.6 Å². The lowest BCUT2D eigenvalue weighted by Crippen LogP contribution is -2.04. The number of halogens is 2. The van der Waals surface area contributed by atoms with Gasteiger partial charge in [0, 0.05) is 18.0 Å². The minimum Gasteiger partial charge on any atom is -0.404 e. The van der Waals surface area contributed by atoms with E-state index in [0.29, 0.717) is 11.0 Å². The fraction of sp³-hybridized carbons (Fsp3) is 0.0833. The molecule has 1 heterocycles. The van der Waals surface area contributed by atoms with Gasteiger partial charge < -0.3 is 11.1 Å². The Morgan fingerprint density at radius 3 is 2.33 bits per heavy atom. The topological polar surface area (TPSA) is 75.7 Å². The molecule has 4 nitrogen and oxygen atoms in total. The standard InChI is InChI=1S/C12H10F2N4/c13-12(14)11-10(7(5-15)6-16)17-8-3-1-2-4-9(8)18-11/h1-6,12,15H,16H2/b7-6+,15-5?. The van der Waals surface area contributed by atoms with Gasteiger partial charge in [0.1, 0.15) is 11.4 Å². The van der Waals surface area contributed by atoms with Crippen molar-refractivity contribution in [1.82, 2.24) is 9.97 Å². The highest BCUT2D eigenvalue weighted by Crippen LogP contribution is 2.26. The molecule has 6 heteroatoms. The number of benzene rings is 1. The van der Waals surface area contributed by atoms with Crippen LogP contribution in [0.4, 0.5) is 8.78 Å². The van der Waals surface area contributed by atoms with Gasteiger partial charge in [-0.3, -0.25) is 0 Å². The minimum absolute atomic E-state index is 0.0544. The Balaban J connectivity index is 2.76. The van der Waals surface area contributed by atoms with Crippen LogP contribution in [0.3, 0.4) is 0 Å². The third kappa shape index (κ3) is 2.04. The summed E-state index contributed by atoms with van der Waals surface area (Å²) in [6.45, 7) is 0. The first-order valence-electron chi connectivity index (χ1n) is 5.15. The molecule has 0 aliphatic heterocycles. The Morgan fingerprint density at radius 2 is 1.83 bits per heavy atom. The van der Waals surface area contributed by atoms with Crippen molar-refractivity contribution >= 4 is 22.8 Å². The number of hydrogen-bond acceptors (Lipinski definition) is 4. The summed E-state index contributed by atoms with van der Waals surface area (Å²) in [5, 5.41) is 7.16. The number of alkyl halides is 2. The van der Waals surface area contributed by atoms with Crippen LogP contribution in [0.15, 0.2) is 30.5 Å². The second-order valence-corrected chi connectivity index (χ2v) is 3.51. The quantitative estimate of drug-likeness (QED) is 0.819. The molecule has 2 rings (SSSR count). The average molecular weight is 248 g/mol. The van der Waals surface area contributed by atoms with Crippen LogP contribution in [-0.4, -0.2) is 16.2 Å². The van der Waals surface area contributed by atoms with Crippen LogP contribution in [-0.2, 0) is 0 Å².